The molecule has 0 amide bonds. The molecular weight excluding hydrogens is 150 g/mol. The van der Waals surface area contributed by atoms with Gasteiger partial charge in [0.15, 0.2) is 5.71 Å². The number of hydrogen-bond donors (Lipinski definition) is 0. The monoisotopic (exact) mass is 161 g/mol. The van der Waals surface area contributed by atoms with Gasteiger partial charge >= 0.3 is 0 Å². The van der Waals surface area contributed by atoms with E-state index in [1.165, 1.54) is 5.56 Å². The largest absolute Gasteiger partial charge is 0.624 e. The predicted octanol–water partition coefficient (Wildman–Crippen LogP) is 1.56. The summed E-state index contributed by atoms with van der Waals surface area (Å²) in [5.74, 6) is 0. The molecule has 12 heavy (non-hydrogen) atoms. The first-order chi connectivity index (χ1) is 5.79. The lowest BCUT2D eigenvalue weighted by Gasteiger charge is -2.01. The van der Waals surface area contributed by atoms with Gasteiger partial charge in [-0.3, -0.25) is 0 Å². The Bertz CT molecular complexity index is 337. The van der Waals surface area contributed by atoms with Crippen molar-refractivity contribution in [3.05, 3.63) is 40.6 Å². The maximum atomic E-state index is 11.1. The summed E-state index contributed by atoms with van der Waals surface area (Å²) < 4.78 is 0.978. The van der Waals surface area contributed by atoms with Gasteiger partial charge in [0.2, 0.25) is 0 Å². The molecule has 2 nitrogen and oxygen atoms in total. The van der Waals surface area contributed by atoms with Crippen LogP contribution in [0.15, 0.2) is 24.3 Å². The van der Waals surface area contributed by atoms with E-state index in [0.29, 0.717) is 0 Å². The molecule has 0 N–H and O–H groups in total. The van der Waals surface area contributed by atoms with Crippen molar-refractivity contribution in [1.82, 2.24) is 0 Å². The highest BCUT2D eigenvalue weighted by Crippen LogP contribution is 2.21. The van der Waals surface area contributed by atoms with Crippen LogP contribution in [-0.2, 0) is 6.42 Å². The van der Waals surface area contributed by atoms with Crippen LogP contribution >= 0.6 is 0 Å². The highest BCUT2D eigenvalue weighted by molar-refractivity contribution is 6.01. The quantitative estimate of drug-likeness (QED) is 0.322. The van der Waals surface area contributed by atoms with Gasteiger partial charge in [-0.25, -0.2) is 4.74 Å². The fourth-order valence-electron chi connectivity index (χ4n) is 1.73. The van der Waals surface area contributed by atoms with Crippen molar-refractivity contribution in [3.63, 3.8) is 0 Å². The van der Waals surface area contributed by atoms with Gasteiger partial charge in [-0.15, -0.1) is 0 Å². The molecule has 0 saturated carbocycles. The Kier molecular flexibility index (Phi) is 1.61. The van der Waals surface area contributed by atoms with E-state index in [9.17, 15) is 5.21 Å². The van der Waals surface area contributed by atoms with Crippen molar-refractivity contribution in [3.8, 4) is 0 Å². The highest BCUT2D eigenvalue weighted by atomic mass is 16.5. The van der Waals surface area contributed by atoms with E-state index in [1.807, 2.05) is 18.2 Å². The summed E-state index contributed by atoms with van der Waals surface area (Å²) in [6, 6.07) is 8.11. The van der Waals surface area contributed by atoms with Crippen molar-refractivity contribution in [1.29, 1.82) is 0 Å². The third kappa shape index (κ3) is 0.998. The van der Waals surface area contributed by atoms with Gasteiger partial charge < -0.3 is 5.21 Å². The molecule has 0 bridgehead atoms. The molecule has 0 heterocycles. The molecule has 1 aliphatic rings. The summed E-state index contributed by atoms with van der Waals surface area (Å²) in [4.78, 5) is 0. The second kappa shape index (κ2) is 2.63. The van der Waals surface area contributed by atoms with E-state index in [2.05, 4.69) is 6.07 Å². The molecule has 1 aromatic carbocycles. The number of benzene rings is 1. The van der Waals surface area contributed by atoms with Crippen molar-refractivity contribution in [2.45, 2.75) is 12.8 Å². The molecule has 1 aromatic rings. The highest BCUT2D eigenvalue weighted by Gasteiger charge is 2.21. The smallest absolute Gasteiger partial charge is 0.194 e. The molecular formula is C10H11NO. The first kappa shape index (κ1) is 7.35. The van der Waals surface area contributed by atoms with Crippen LogP contribution in [0.1, 0.15) is 17.5 Å². The average molecular weight is 161 g/mol. The Morgan fingerprint density at radius 2 is 2.00 bits per heavy atom. The minimum atomic E-state index is 0.888. The van der Waals surface area contributed by atoms with Crippen LogP contribution in [0.4, 0.5) is 0 Å². The molecule has 0 fully saturated rings. The van der Waals surface area contributed by atoms with Crippen LogP contribution in [0.2, 0.25) is 0 Å². The first-order valence-electron chi connectivity index (χ1n) is 4.14. The summed E-state index contributed by atoms with van der Waals surface area (Å²) in [5, 5.41) is 11.1. The number of hydrogen-bond acceptors (Lipinski definition) is 1. The Morgan fingerprint density at radius 1 is 1.25 bits per heavy atom. The molecule has 0 aliphatic heterocycles. The van der Waals surface area contributed by atoms with Crippen LogP contribution < -0.4 is 0 Å². The number of fused-ring (bicyclic) bond motifs is 1. The van der Waals surface area contributed by atoms with Gasteiger partial charge in [0.1, 0.15) is 7.05 Å². The SMILES string of the molecule is C/[N+]([O-])=C1\CCc2ccccc21. The van der Waals surface area contributed by atoms with Crippen molar-refractivity contribution >= 4 is 5.71 Å². The van der Waals surface area contributed by atoms with Crippen molar-refractivity contribution in [2.75, 3.05) is 7.05 Å². The summed E-state index contributed by atoms with van der Waals surface area (Å²) in [7, 11) is 1.57. The number of hydroxylamine groups is 1. The Labute approximate surface area is 71.7 Å². The van der Waals surface area contributed by atoms with Gasteiger partial charge in [-0.1, -0.05) is 18.2 Å². The lowest BCUT2D eigenvalue weighted by atomic mass is 10.1. The van der Waals surface area contributed by atoms with Crippen LogP contribution in [0.25, 0.3) is 0 Å². The summed E-state index contributed by atoms with van der Waals surface area (Å²) >= 11 is 0. The molecule has 0 saturated heterocycles. The minimum Gasteiger partial charge on any atom is -0.624 e. The average Bonchev–Trinajstić information content (AvgIpc) is 2.47. The normalized spacial score (nSPS) is 19.1. The van der Waals surface area contributed by atoms with Crippen molar-refractivity contribution in [2.24, 2.45) is 0 Å². The number of nitrogens with zero attached hydrogens (tertiary/aromatic N) is 1. The van der Waals surface area contributed by atoms with Gasteiger partial charge in [-0.05, 0) is 18.1 Å². The molecule has 1 aliphatic carbocycles. The topological polar surface area (TPSA) is 26.1 Å². The third-order valence-electron chi connectivity index (χ3n) is 2.34. The molecule has 0 atom stereocenters. The van der Waals surface area contributed by atoms with Crippen LogP contribution in [-0.4, -0.2) is 17.5 Å². The molecule has 0 spiro atoms. The van der Waals surface area contributed by atoms with E-state index in [-0.39, 0.29) is 0 Å². The second-order valence-electron chi connectivity index (χ2n) is 3.10. The molecule has 2 heteroatoms. The lowest BCUT2D eigenvalue weighted by Crippen LogP contribution is -2.09. The van der Waals surface area contributed by atoms with Gasteiger partial charge in [-0.2, -0.15) is 0 Å². The summed E-state index contributed by atoms with van der Waals surface area (Å²) in [6.45, 7) is 0. The number of rotatable bonds is 0. The molecule has 0 radical (unpaired) electrons. The van der Waals surface area contributed by atoms with Crippen LogP contribution in [0, 0.1) is 5.21 Å². The van der Waals surface area contributed by atoms with E-state index >= 15 is 0 Å². The fraction of sp³-hybridized carbons (Fsp3) is 0.300. The van der Waals surface area contributed by atoms with E-state index < -0.39 is 0 Å². The molecule has 0 unspecified atom stereocenters. The zero-order valence-electron chi connectivity index (χ0n) is 7.08. The molecule has 62 valence electrons. The maximum Gasteiger partial charge on any atom is 0.194 e. The maximum absolute atomic E-state index is 11.1. The van der Waals surface area contributed by atoms with Gasteiger partial charge in [0, 0.05) is 12.0 Å². The summed E-state index contributed by atoms with van der Waals surface area (Å²) in [5.41, 5.74) is 3.36. The standard InChI is InChI=1S/C10H11NO/c1-11(12)10-7-6-8-4-2-3-5-9(8)10/h2-5H,6-7H2,1H3/b11-10-. The van der Waals surface area contributed by atoms with Crippen LogP contribution in [0.5, 0.6) is 0 Å². The summed E-state index contributed by atoms with van der Waals surface area (Å²) in [6.07, 6.45) is 1.90. The second-order valence-corrected chi connectivity index (χ2v) is 3.10. The Morgan fingerprint density at radius 3 is 2.75 bits per heavy atom. The zero-order chi connectivity index (χ0) is 8.55. The van der Waals surface area contributed by atoms with Crippen LogP contribution in [0.3, 0.4) is 0 Å². The van der Waals surface area contributed by atoms with E-state index in [4.69, 9.17) is 0 Å². The predicted molar refractivity (Wildman–Crippen MR) is 48.4 cm³/mol. The zero-order valence-corrected chi connectivity index (χ0v) is 7.08. The molecule has 2 rings (SSSR count). The first-order valence-corrected chi connectivity index (χ1v) is 4.14. The minimum absolute atomic E-state index is 0.888. The lowest BCUT2D eigenvalue weighted by molar-refractivity contribution is -0.423. The van der Waals surface area contributed by atoms with E-state index in [1.54, 1.807) is 7.05 Å². The van der Waals surface area contributed by atoms with Crippen molar-refractivity contribution < 1.29 is 4.74 Å². The Hall–Kier alpha value is -1.31. The third-order valence-corrected chi connectivity index (χ3v) is 2.34. The molecule has 0 aromatic heterocycles. The van der Waals surface area contributed by atoms with Gasteiger partial charge in [0.25, 0.3) is 0 Å². The number of aryl methyl sites for hydroxylation is 1. The van der Waals surface area contributed by atoms with Gasteiger partial charge in [0.05, 0.1) is 0 Å². The Balaban J connectivity index is 2.57. The van der Waals surface area contributed by atoms with E-state index in [0.717, 1.165) is 28.9 Å². The fourth-order valence-corrected chi connectivity index (χ4v) is 1.73.